The van der Waals surface area contributed by atoms with Gasteiger partial charge in [-0.25, -0.2) is 4.98 Å². The van der Waals surface area contributed by atoms with Gasteiger partial charge in [0.05, 0.1) is 6.61 Å². The molecule has 1 heterocycles. The van der Waals surface area contributed by atoms with E-state index in [1.54, 1.807) is 6.20 Å². The van der Waals surface area contributed by atoms with Crippen molar-refractivity contribution in [3.05, 3.63) is 53.7 Å². The minimum atomic E-state index is 0.0361. The monoisotopic (exact) mass is 270 g/mol. The second-order valence-corrected chi connectivity index (χ2v) is 4.98. The maximum Gasteiger partial charge on any atom is 0.135 e. The Balaban J connectivity index is 2.36. The van der Waals surface area contributed by atoms with Gasteiger partial charge in [-0.15, -0.1) is 0 Å². The first kappa shape index (κ1) is 14.5. The quantitative estimate of drug-likeness (QED) is 0.867. The van der Waals surface area contributed by atoms with Crippen LogP contribution in [0.2, 0.25) is 0 Å². The molecule has 0 saturated heterocycles. The zero-order valence-electron chi connectivity index (χ0n) is 12.2. The minimum absolute atomic E-state index is 0.0361. The van der Waals surface area contributed by atoms with Crippen molar-refractivity contribution in [2.75, 3.05) is 11.4 Å². The highest BCUT2D eigenvalue weighted by molar-refractivity contribution is 5.62. The molecule has 0 saturated carbocycles. The summed E-state index contributed by atoms with van der Waals surface area (Å²) in [6, 6.07) is 12.3. The number of aromatic nitrogens is 1. The summed E-state index contributed by atoms with van der Waals surface area (Å²) in [5.41, 5.74) is 3.11. The van der Waals surface area contributed by atoms with E-state index in [1.165, 1.54) is 0 Å². The Morgan fingerprint density at radius 2 is 1.95 bits per heavy atom. The molecule has 20 heavy (non-hydrogen) atoms. The summed E-state index contributed by atoms with van der Waals surface area (Å²) < 4.78 is 0. The fourth-order valence-electron chi connectivity index (χ4n) is 2.28. The highest BCUT2D eigenvalue weighted by Gasteiger charge is 2.12. The maximum absolute atomic E-state index is 9.20. The molecule has 0 unspecified atom stereocenters. The fourth-order valence-corrected chi connectivity index (χ4v) is 2.28. The van der Waals surface area contributed by atoms with Crippen LogP contribution in [-0.4, -0.2) is 16.6 Å². The SMILES string of the molecule is CCCCN(c1ccccc1)c1ncc(CO)cc1C. The van der Waals surface area contributed by atoms with Crippen LogP contribution in [0, 0.1) is 6.92 Å². The van der Waals surface area contributed by atoms with E-state index in [9.17, 15) is 5.11 Å². The second-order valence-electron chi connectivity index (χ2n) is 4.98. The maximum atomic E-state index is 9.20. The van der Waals surface area contributed by atoms with Crippen LogP contribution >= 0.6 is 0 Å². The summed E-state index contributed by atoms with van der Waals surface area (Å²) >= 11 is 0. The largest absolute Gasteiger partial charge is 0.392 e. The first-order chi connectivity index (χ1) is 9.76. The Bertz CT molecular complexity index is 540. The number of aliphatic hydroxyl groups excluding tert-OH is 1. The third kappa shape index (κ3) is 3.36. The van der Waals surface area contributed by atoms with E-state index in [0.29, 0.717) is 0 Å². The van der Waals surface area contributed by atoms with Gasteiger partial charge in [0, 0.05) is 18.4 Å². The molecule has 106 valence electrons. The van der Waals surface area contributed by atoms with E-state index in [0.717, 1.165) is 42.0 Å². The topological polar surface area (TPSA) is 36.4 Å². The third-order valence-corrected chi connectivity index (χ3v) is 3.35. The number of hydrogen-bond acceptors (Lipinski definition) is 3. The molecule has 1 aromatic carbocycles. The molecule has 0 aliphatic carbocycles. The number of nitrogens with zero attached hydrogens (tertiary/aromatic N) is 2. The number of benzene rings is 1. The fraction of sp³-hybridized carbons (Fsp3) is 0.353. The van der Waals surface area contributed by atoms with Crippen molar-refractivity contribution in [3.8, 4) is 0 Å². The third-order valence-electron chi connectivity index (χ3n) is 3.35. The van der Waals surface area contributed by atoms with Gasteiger partial charge < -0.3 is 10.0 Å². The Labute approximate surface area is 120 Å². The zero-order valence-corrected chi connectivity index (χ0v) is 12.2. The van der Waals surface area contributed by atoms with Gasteiger partial charge in [-0.2, -0.15) is 0 Å². The second kappa shape index (κ2) is 7.06. The van der Waals surface area contributed by atoms with Crippen LogP contribution in [0.5, 0.6) is 0 Å². The smallest absolute Gasteiger partial charge is 0.135 e. The van der Waals surface area contributed by atoms with Crippen LogP contribution in [0.15, 0.2) is 42.6 Å². The number of rotatable bonds is 6. The standard InChI is InChI=1S/C17H22N2O/c1-3-4-10-19(16-8-6-5-7-9-16)17-14(2)11-15(13-20)12-18-17/h5-9,11-12,20H,3-4,10,13H2,1-2H3. The Morgan fingerprint density at radius 1 is 1.20 bits per heavy atom. The van der Waals surface area contributed by atoms with Crippen LogP contribution in [0.1, 0.15) is 30.9 Å². The number of anilines is 2. The minimum Gasteiger partial charge on any atom is -0.392 e. The van der Waals surface area contributed by atoms with E-state index in [-0.39, 0.29) is 6.61 Å². The lowest BCUT2D eigenvalue weighted by atomic mass is 10.1. The normalized spacial score (nSPS) is 10.6. The van der Waals surface area contributed by atoms with E-state index in [1.807, 2.05) is 31.2 Å². The Kier molecular flexibility index (Phi) is 5.13. The number of pyridine rings is 1. The lowest BCUT2D eigenvalue weighted by molar-refractivity contribution is 0.281. The van der Waals surface area contributed by atoms with Gasteiger partial charge in [0.1, 0.15) is 5.82 Å². The molecule has 0 fully saturated rings. The Morgan fingerprint density at radius 3 is 2.55 bits per heavy atom. The molecule has 0 spiro atoms. The van der Waals surface area contributed by atoms with Gasteiger partial charge in [-0.3, -0.25) is 0 Å². The molecule has 0 aliphatic heterocycles. The molecule has 1 N–H and O–H groups in total. The van der Waals surface area contributed by atoms with Crippen molar-refractivity contribution in [2.24, 2.45) is 0 Å². The molecule has 3 heteroatoms. The van der Waals surface area contributed by atoms with Crippen molar-refractivity contribution in [3.63, 3.8) is 0 Å². The summed E-state index contributed by atoms with van der Waals surface area (Å²) in [6.07, 6.45) is 4.03. The van der Waals surface area contributed by atoms with Crippen LogP contribution in [0.4, 0.5) is 11.5 Å². The van der Waals surface area contributed by atoms with Crippen molar-refractivity contribution in [1.82, 2.24) is 4.98 Å². The lowest BCUT2D eigenvalue weighted by Crippen LogP contribution is -2.20. The van der Waals surface area contributed by atoms with Gasteiger partial charge >= 0.3 is 0 Å². The van der Waals surface area contributed by atoms with Gasteiger partial charge in [0.25, 0.3) is 0 Å². The first-order valence-electron chi connectivity index (χ1n) is 7.15. The van der Waals surface area contributed by atoms with Crippen LogP contribution in [-0.2, 0) is 6.61 Å². The van der Waals surface area contributed by atoms with E-state index in [2.05, 4.69) is 28.9 Å². The van der Waals surface area contributed by atoms with Gasteiger partial charge in [-0.1, -0.05) is 31.5 Å². The number of para-hydroxylation sites is 1. The molecule has 0 aliphatic rings. The summed E-state index contributed by atoms with van der Waals surface area (Å²) in [5, 5.41) is 9.20. The van der Waals surface area contributed by atoms with Gasteiger partial charge in [0.2, 0.25) is 0 Å². The number of aliphatic hydroxyl groups is 1. The molecular weight excluding hydrogens is 248 g/mol. The lowest BCUT2D eigenvalue weighted by Gasteiger charge is -2.25. The number of aryl methyl sites for hydroxylation is 1. The number of unbranched alkanes of at least 4 members (excludes halogenated alkanes) is 1. The highest BCUT2D eigenvalue weighted by Crippen LogP contribution is 2.27. The predicted molar refractivity (Wildman–Crippen MR) is 83.3 cm³/mol. The molecule has 2 rings (SSSR count). The summed E-state index contributed by atoms with van der Waals surface area (Å²) in [6.45, 7) is 5.23. The molecular formula is C17H22N2O. The van der Waals surface area contributed by atoms with E-state index < -0.39 is 0 Å². The van der Waals surface area contributed by atoms with Crippen LogP contribution in [0.25, 0.3) is 0 Å². The summed E-state index contributed by atoms with van der Waals surface area (Å²) in [7, 11) is 0. The zero-order chi connectivity index (χ0) is 14.4. The molecule has 0 bridgehead atoms. The van der Waals surface area contributed by atoms with Crippen molar-refractivity contribution in [1.29, 1.82) is 0 Å². The van der Waals surface area contributed by atoms with Crippen LogP contribution < -0.4 is 4.90 Å². The molecule has 2 aromatic rings. The predicted octanol–water partition coefficient (Wildman–Crippen LogP) is 3.82. The van der Waals surface area contributed by atoms with E-state index >= 15 is 0 Å². The molecule has 3 nitrogen and oxygen atoms in total. The molecule has 0 atom stereocenters. The van der Waals surface area contributed by atoms with Crippen molar-refractivity contribution >= 4 is 11.5 Å². The summed E-state index contributed by atoms with van der Waals surface area (Å²) in [5.74, 6) is 0.974. The van der Waals surface area contributed by atoms with E-state index in [4.69, 9.17) is 0 Å². The number of hydrogen-bond donors (Lipinski definition) is 1. The van der Waals surface area contributed by atoms with Crippen LogP contribution in [0.3, 0.4) is 0 Å². The average Bonchev–Trinajstić information content (AvgIpc) is 2.50. The highest BCUT2D eigenvalue weighted by atomic mass is 16.3. The van der Waals surface area contributed by atoms with Crippen molar-refractivity contribution in [2.45, 2.75) is 33.3 Å². The molecule has 0 radical (unpaired) electrons. The van der Waals surface area contributed by atoms with Gasteiger partial charge in [-0.05, 0) is 42.7 Å². The summed E-state index contributed by atoms with van der Waals surface area (Å²) in [4.78, 5) is 6.79. The van der Waals surface area contributed by atoms with Gasteiger partial charge in [0.15, 0.2) is 0 Å². The first-order valence-corrected chi connectivity index (χ1v) is 7.15. The Hall–Kier alpha value is -1.87. The molecule has 0 amide bonds. The molecule has 1 aromatic heterocycles. The average molecular weight is 270 g/mol. The van der Waals surface area contributed by atoms with Crippen molar-refractivity contribution < 1.29 is 5.11 Å².